The number of phenols is 1. The molecule has 5 heteroatoms. The lowest BCUT2D eigenvalue weighted by atomic mass is 10.1. The fourth-order valence-electron chi connectivity index (χ4n) is 3.33. The van der Waals surface area contributed by atoms with Gasteiger partial charge in [0.25, 0.3) is 5.56 Å². The summed E-state index contributed by atoms with van der Waals surface area (Å²) in [6.07, 6.45) is 6.68. The molecule has 4 aromatic rings. The minimum atomic E-state index is -0.151. The van der Waals surface area contributed by atoms with Crippen LogP contribution in [0.4, 0.5) is 0 Å². The Morgan fingerprint density at radius 2 is 1.71 bits per heavy atom. The van der Waals surface area contributed by atoms with Gasteiger partial charge >= 0.3 is 0 Å². The van der Waals surface area contributed by atoms with E-state index in [1.165, 1.54) is 0 Å². The Bertz CT molecular complexity index is 1250. The Kier molecular flexibility index (Phi) is 4.49. The molecular weight excluding hydrogens is 350 g/mol. The second-order valence-electron chi connectivity index (χ2n) is 6.64. The molecule has 2 aromatic heterocycles. The Hall–Kier alpha value is -3.73. The van der Waals surface area contributed by atoms with Gasteiger partial charge in [-0.15, -0.1) is 0 Å². The molecule has 2 heterocycles. The second-order valence-corrected chi connectivity index (χ2v) is 6.64. The van der Waals surface area contributed by atoms with Crippen LogP contribution in [0.3, 0.4) is 0 Å². The van der Waals surface area contributed by atoms with Gasteiger partial charge in [0.1, 0.15) is 11.6 Å². The van der Waals surface area contributed by atoms with Crippen molar-refractivity contribution in [1.29, 1.82) is 0 Å². The quantitative estimate of drug-likeness (QED) is 0.585. The van der Waals surface area contributed by atoms with Crippen LogP contribution < -0.4 is 5.56 Å². The number of aromatic nitrogens is 3. The molecule has 4 rings (SSSR count). The van der Waals surface area contributed by atoms with Gasteiger partial charge in [-0.2, -0.15) is 0 Å². The van der Waals surface area contributed by atoms with Gasteiger partial charge in [0.15, 0.2) is 0 Å². The summed E-state index contributed by atoms with van der Waals surface area (Å²) in [5.41, 5.74) is 3.81. The lowest BCUT2D eigenvalue weighted by Gasteiger charge is -2.16. The summed E-state index contributed by atoms with van der Waals surface area (Å²) >= 11 is 0. The molecule has 2 aromatic carbocycles. The van der Waals surface area contributed by atoms with E-state index in [0.29, 0.717) is 22.3 Å². The van der Waals surface area contributed by atoms with Crippen LogP contribution in [-0.4, -0.2) is 19.6 Å². The Balaban J connectivity index is 2.02. The number of phenolic OH excluding ortho intramolecular Hbond substituents is 1. The van der Waals surface area contributed by atoms with Crippen molar-refractivity contribution in [2.75, 3.05) is 0 Å². The molecule has 0 bridgehead atoms. The molecule has 0 radical (unpaired) electrons. The lowest BCUT2D eigenvalue weighted by molar-refractivity contribution is 0.474. The lowest BCUT2D eigenvalue weighted by Crippen LogP contribution is -2.24. The molecule has 0 aliphatic carbocycles. The number of hydrogen-bond acceptors (Lipinski definition) is 4. The number of pyridine rings is 1. The van der Waals surface area contributed by atoms with Crippen molar-refractivity contribution in [2.45, 2.75) is 13.8 Å². The maximum atomic E-state index is 13.3. The largest absolute Gasteiger partial charge is 0.507 e. The number of para-hydroxylation sites is 2. The van der Waals surface area contributed by atoms with Gasteiger partial charge in [-0.25, -0.2) is 4.98 Å². The molecule has 0 spiro atoms. The Labute approximate surface area is 162 Å². The van der Waals surface area contributed by atoms with Crippen LogP contribution in [0.1, 0.15) is 22.5 Å². The minimum Gasteiger partial charge on any atom is -0.507 e. The summed E-state index contributed by atoms with van der Waals surface area (Å²) in [6, 6.07) is 14.6. The molecule has 0 atom stereocenters. The normalized spacial score (nSPS) is 11.4. The minimum absolute atomic E-state index is 0.151. The van der Waals surface area contributed by atoms with Gasteiger partial charge in [-0.05, 0) is 49.3 Å². The first-order valence-electron chi connectivity index (χ1n) is 8.95. The maximum absolute atomic E-state index is 13.3. The van der Waals surface area contributed by atoms with Crippen LogP contribution in [0.15, 0.2) is 65.7 Å². The van der Waals surface area contributed by atoms with E-state index in [1.54, 1.807) is 53.4 Å². The summed E-state index contributed by atoms with van der Waals surface area (Å²) in [4.78, 5) is 22.1. The summed E-state index contributed by atoms with van der Waals surface area (Å²) < 4.78 is 1.63. The van der Waals surface area contributed by atoms with Crippen molar-refractivity contribution in [1.82, 2.24) is 14.5 Å². The molecule has 0 aliphatic rings. The first-order valence-corrected chi connectivity index (χ1v) is 8.95. The number of fused-ring (bicyclic) bond motifs is 1. The Morgan fingerprint density at radius 1 is 0.964 bits per heavy atom. The summed E-state index contributed by atoms with van der Waals surface area (Å²) in [6.45, 7) is 3.95. The van der Waals surface area contributed by atoms with E-state index in [1.807, 2.05) is 38.1 Å². The number of benzene rings is 2. The van der Waals surface area contributed by atoms with Gasteiger partial charge < -0.3 is 5.11 Å². The highest BCUT2D eigenvalue weighted by atomic mass is 16.3. The van der Waals surface area contributed by atoms with E-state index in [9.17, 15) is 9.90 Å². The van der Waals surface area contributed by atoms with Crippen molar-refractivity contribution in [3.63, 3.8) is 0 Å². The van der Waals surface area contributed by atoms with E-state index in [2.05, 4.69) is 9.97 Å². The predicted molar refractivity (Wildman–Crippen MR) is 112 cm³/mol. The molecule has 138 valence electrons. The summed E-state index contributed by atoms with van der Waals surface area (Å²) in [5, 5.41) is 10.6. The van der Waals surface area contributed by atoms with Crippen molar-refractivity contribution < 1.29 is 5.11 Å². The number of aromatic hydroxyl groups is 1. The first-order chi connectivity index (χ1) is 13.6. The number of nitrogens with zero attached hydrogens (tertiary/aromatic N) is 3. The van der Waals surface area contributed by atoms with Crippen molar-refractivity contribution >= 4 is 23.1 Å². The average Bonchev–Trinajstić information content (AvgIpc) is 2.69. The maximum Gasteiger partial charge on any atom is 0.266 e. The molecule has 0 saturated carbocycles. The number of rotatable bonds is 3. The highest BCUT2D eigenvalue weighted by Crippen LogP contribution is 2.22. The van der Waals surface area contributed by atoms with E-state index < -0.39 is 0 Å². The van der Waals surface area contributed by atoms with E-state index in [0.717, 1.165) is 16.8 Å². The fourth-order valence-corrected chi connectivity index (χ4v) is 3.33. The van der Waals surface area contributed by atoms with Gasteiger partial charge in [0, 0.05) is 11.8 Å². The van der Waals surface area contributed by atoms with Gasteiger partial charge in [0.05, 0.1) is 22.8 Å². The van der Waals surface area contributed by atoms with Crippen LogP contribution in [0.2, 0.25) is 0 Å². The van der Waals surface area contributed by atoms with E-state index in [-0.39, 0.29) is 11.3 Å². The van der Waals surface area contributed by atoms with Crippen molar-refractivity contribution in [3.05, 3.63) is 93.8 Å². The van der Waals surface area contributed by atoms with E-state index >= 15 is 0 Å². The average molecular weight is 369 g/mol. The third-order valence-corrected chi connectivity index (χ3v) is 4.71. The summed E-state index contributed by atoms with van der Waals surface area (Å²) in [5.74, 6) is 0.647. The SMILES string of the molecule is Cc1cccc(C)c1-n1c(/C=C/c2ccccc2O)nc2cnccc2c1=O. The highest BCUT2D eigenvalue weighted by Gasteiger charge is 2.14. The zero-order chi connectivity index (χ0) is 19.7. The fraction of sp³-hybridized carbons (Fsp3) is 0.0870. The van der Waals surface area contributed by atoms with Crippen LogP contribution in [-0.2, 0) is 0 Å². The topological polar surface area (TPSA) is 68.0 Å². The van der Waals surface area contributed by atoms with E-state index in [4.69, 9.17) is 0 Å². The number of hydrogen-bond donors (Lipinski definition) is 1. The van der Waals surface area contributed by atoms with Crippen molar-refractivity contribution in [2.24, 2.45) is 0 Å². The van der Waals surface area contributed by atoms with Crippen LogP contribution in [0.5, 0.6) is 5.75 Å². The standard InChI is InChI=1S/C23H19N3O2/c1-15-6-5-7-16(2)22(15)26-21(11-10-17-8-3-4-9-20(17)27)25-19-14-24-13-12-18(19)23(26)28/h3-14,27H,1-2H3/b11-10+. The molecule has 1 N–H and O–H groups in total. The van der Waals surface area contributed by atoms with Crippen molar-refractivity contribution in [3.8, 4) is 11.4 Å². The smallest absolute Gasteiger partial charge is 0.266 e. The highest BCUT2D eigenvalue weighted by molar-refractivity contribution is 5.80. The second kappa shape index (κ2) is 7.12. The molecule has 0 fully saturated rings. The third kappa shape index (κ3) is 3.07. The monoisotopic (exact) mass is 369 g/mol. The van der Waals surface area contributed by atoms with Crippen LogP contribution in [0, 0.1) is 13.8 Å². The summed E-state index contributed by atoms with van der Waals surface area (Å²) in [7, 11) is 0. The van der Waals surface area contributed by atoms with Crippen LogP contribution in [0.25, 0.3) is 28.7 Å². The van der Waals surface area contributed by atoms with Crippen LogP contribution >= 0.6 is 0 Å². The molecular formula is C23H19N3O2. The van der Waals surface area contributed by atoms with Gasteiger partial charge in [0.2, 0.25) is 0 Å². The first kappa shape index (κ1) is 17.7. The Morgan fingerprint density at radius 3 is 2.46 bits per heavy atom. The molecule has 5 nitrogen and oxygen atoms in total. The third-order valence-electron chi connectivity index (χ3n) is 4.71. The molecule has 0 unspecified atom stereocenters. The zero-order valence-electron chi connectivity index (χ0n) is 15.6. The molecule has 0 saturated heterocycles. The predicted octanol–water partition coefficient (Wildman–Crippen LogP) is 4.27. The number of aryl methyl sites for hydroxylation is 2. The zero-order valence-corrected chi connectivity index (χ0v) is 15.6. The molecule has 0 amide bonds. The molecule has 0 aliphatic heterocycles. The van der Waals surface area contributed by atoms with Gasteiger partial charge in [-0.1, -0.05) is 36.4 Å². The van der Waals surface area contributed by atoms with Gasteiger partial charge in [-0.3, -0.25) is 14.3 Å². The molecule has 28 heavy (non-hydrogen) atoms.